The predicted octanol–water partition coefficient (Wildman–Crippen LogP) is 4.61. The lowest BCUT2D eigenvalue weighted by molar-refractivity contribution is 0.248. The average molecular weight is 491 g/mol. The Hall–Kier alpha value is -3.49. The number of hydrogen-bond acceptors (Lipinski definition) is 5. The Balaban J connectivity index is 1.28. The highest BCUT2D eigenvalue weighted by molar-refractivity contribution is 7.92. The molecule has 1 aliphatic heterocycles. The molecule has 0 aliphatic carbocycles. The van der Waals surface area contributed by atoms with Crippen LogP contribution in [0, 0.1) is 6.92 Å². The summed E-state index contributed by atoms with van der Waals surface area (Å²) in [4.78, 5) is 8.11. The molecule has 2 N–H and O–H groups in total. The van der Waals surface area contributed by atoms with Crippen LogP contribution >= 0.6 is 0 Å². The number of H-pyrrole nitrogens is 1. The van der Waals surface area contributed by atoms with E-state index in [1.165, 1.54) is 0 Å². The number of hydrogen-bond donors (Lipinski definition) is 2. The molecule has 0 unspecified atom stereocenters. The van der Waals surface area contributed by atoms with Crippen LogP contribution in [0.3, 0.4) is 0 Å². The number of sulfonamides is 1. The molecule has 1 aromatic heterocycles. The number of rotatable bonds is 7. The van der Waals surface area contributed by atoms with Gasteiger partial charge in [0.2, 0.25) is 0 Å². The van der Waals surface area contributed by atoms with Gasteiger partial charge in [0.15, 0.2) is 0 Å². The topological polar surface area (TPSA) is 77.7 Å². The van der Waals surface area contributed by atoms with Gasteiger partial charge in [-0.05, 0) is 66.6 Å². The SMILES string of the molecule is COc1ccccc1N1CCN(Cc2cc(S(=O)(=O)Nc3ccc4[nH]ccc4c3)ccc2C)CC1. The van der Waals surface area contributed by atoms with Gasteiger partial charge in [0.1, 0.15) is 5.75 Å². The number of aryl methyl sites for hydroxylation is 1. The van der Waals surface area contributed by atoms with E-state index >= 15 is 0 Å². The Morgan fingerprint density at radius 1 is 0.971 bits per heavy atom. The number of aromatic nitrogens is 1. The largest absolute Gasteiger partial charge is 0.495 e. The fourth-order valence-electron chi connectivity index (χ4n) is 4.60. The Morgan fingerprint density at radius 2 is 1.77 bits per heavy atom. The minimum absolute atomic E-state index is 0.278. The van der Waals surface area contributed by atoms with Crippen molar-refractivity contribution < 1.29 is 13.2 Å². The van der Waals surface area contributed by atoms with Gasteiger partial charge >= 0.3 is 0 Å². The van der Waals surface area contributed by atoms with Gasteiger partial charge < -0.3 is 14.6 Å². The van der Waals surface area contributed by atoms with Crippen molar-refractivity contribution in [1.82, 2.24) is 9.88 Å². The molecule has 4 aromatic rings. The van der Waals surface area contributed by atoms with Gasteiger partial charge in [0.25, 0.3) is 10.0 Å². The average Bonchev–Trinajstić information content (AvgIpc) is 3.33. The fourth-order valence-corrected chi connectivity index (χ4v) is 5.69. The number of para-hydroxylation sites is 2. The molecule has 2 heterocycles. The maximum atomic E-state index is 13.1. The van der Waals surface area contributed by atoms with Crippen molar-refractivity contribution in [1.29, 1.82) is 0 Å². The molecule has 7 nitrogen and oxygen atoms in total. The van der Waals surface area contributed by atoms with E-state index in [1.807, 2.05) is 55.6 Å². The standard InChI is InChI=1S/C27H30N4O3S/c1-20-7-9-24(35(32,33)29-23-8-10-25-21(17-23)11-12-28-25)18-22(20)19-30-13-15-31(16-14-30)26-5-3-4-6-27(26)34-2/h3-12,17-18,28-29H,13-16,19H2,1-2H3. The first kappa shape index (κ1) is 23.3. The number of anilines is 2. The molecule has 3 aromatic carbocycles. The van der Waals surface area contributed by atoms with E-state index in [0.29, 0.717) is 12.2 Å². The second kappa shape index (κ2) is 9.64. The molecule has 35 heavy (non-hydrogen) atoms. The first-order valence-electron chi connectivity index (χ1n) is 11.7. The minimum atomic E-state index is -3.70. The highest BCUT2D eigenvalue weighted by Crippen LogP contribution is 2.29. The molecule has 1 fully saturated rings. The van der Waals surface area contributed by atoms with Crippen molar-refractivity contribution in [2.45, 2.75) is 18.4 Å². The number of nitrogens with one attached hydrogen (secondary N) is 2. The van der Waals surface area contributed by atoms with Crippen molar-refractivity contribution in [3.05, 3.63) is 84.1 Å². The summed E-state index contributed by atoms with van der Waals surface area (Å²) in [7, 11) is -2.00. The van der Waals surface area contributed by atoms with Crippen molar-refractivity contribution in [3.8, 4) is 5.75 Å². The van der Waals surface area contributed by atoms with Crippen LogP contribution in [0.25, 0.3) is 10.9 Å². The summed E-state index contributed by atoms with van der Waals surface area (Å²) in [5, 5.41) is 0.960. The van der Waals surface area contributed by atoms with Gasteiger partial charge in [-0.3, -0.25) is 9.62 Å². The van der Waals surface area contributed by atoms with Crippen LogP contribution in [-0.2, 0) is 16.6 Å². The molecule has 0 amide bonds. The first-order chi connectivity index (χ1) is 16.9. The summed E-state index contributed by atoms with van der Waals surface area (Å²) in [6.07, 6.45) is 1.84. The first-order valence-corrected chi connectivity index (χ1v) is 13.2. The lowest BCUT2D eigenvalue weighted by Gasteiger charge is -2.36. The Labute approximate surface area is 206 Å². The van der Waals surface area contributed by atoms with Crippen LogP contribution in [-0.4, -0.2) is 51.6 Å². The van der Waals surface area contributed by atoms with Crippen LogP contribution in [0.1, 0.15) is 11.1 Å². The van der Waals surface area contributed by atoms with Gasteiger partial charge in [0.05, 0.1) is 17.7 Å². The molecule has 0 saturated carbocycles. The summed E-state index contributed by atoms with van der Waals surface area (Å²) in [6.45, 7) is 6.31. The van der Waals surface area contributed by atoms with Crippen molar-refractivity contribution in [3.63, 3.8) is 0 Å². The zero-order chi connectivity index (χ0) is 24.4. The summed E-state index contributed by atoms with van der Waals surface area (Å²) in [5.41, 5.74) is 4.75. The van der Waals surface area contributed by atoms with E-state index in [4.69, 9.17) is 4.74 Å². The van der Waals surface area contributed by atoms with Crippen LogP contribution in [0.5, 0.6) is 5.75 Å². The highest BCUT2D eigenvalue weighted by Gasteiger charge is 2.21. The minimum Gasteiger partial charge on any atom is -0.495 e. The van der Waals surface area contributed by atoms with E-state index in [-0.39, 0.29) is 4.90 Å². The normalized spacial score (nSPS) is 14.9. The fraction of sp³-hybridized carbons (Fsp3) is 0.259. The number of ether oxygens (including phenoxy) is 1. The van der Waals surface area contributed by atoms with Gasteiger partial charge in [-0.2, -0.15) is 0 Å². The number of methoxy groups -OCH3 is 1. The molecule has 8 heteroatoms. The van der Waals surface area contributed by atoms with Crippen LogP contribution < -0.4 is 14.4 Å². The van der Waals surface area contributed by atoms with Gasteiger partial charge in [-0.1, -0.05) is 18.2 Å². The molecule has 1 saturated heterocycles. The number of nitrogens with zero attached hydrogens (tertiary/aromatic N) is 2. The maximum absolute atomic E-state index is 13.1. The Morgan fingerprint density at radius 3 is 2.57 bits per heavy atom. The zero-order valence-corrected chi connectivity index (χ0v) is 20.8. The highest BCUT2D eigenvalue weighted by atomic mass is 32.2. The number of fused-ring (bicyclic) bond motifs is 1. The van der Waals surface area contributed by atoms with Crippen LogP contribution in [0.15, 0.2) is 77.8 Å². The lowest BCUT2D eigenvalue weighted by atomic mass is 10.1. The van der Waals surface area contributed by atoms with Gasteiger partial charge in [0, 0.05) is 55.5 Å². The second-order valence-electron chi connectivity index (χ2n) is 8.91. The molecule has 182 valence electrons. The van der Waals surface area contributed by atoms with Crippen molar-refractivity contribution >= 4 is 32.3 Å². The number of aromatic amines is 1. The van der Waals surface area contributed by atoms with E-state index < -0.39 is 10.0 Å². The van der Waals surface area contributed by atoms with E-state index in [1.54, 1.807) is 25.3 Å². The monoisotopic (exact) mass is 490 g/mol. The summed E-state index contributed by atoms with van der Waals surface area (Å²) >= 11 is 0. The molecule has 5 rings (SSSR count). The molecular formula is C27H30N4O3S. The molecule has 1 aliphatic rings. The molecule has 0 radical (unpaired) electrons. The third-order valence-electron chi connectivity index (χ3n) is 6.63. The zero-order valence-electron chi connectivity index (χ0n) is 20.0. The van der Waals surface area contributed by atoms with Crippen LogP contribution in [0.4, 0.5) is 11.4 Å². The van der Waals surface area contributed by atoms with Crippen molar-refractivity contribution in [2.24, 2.45) is 0 Å². The summed E-state index contributed by atoms with van der Waals surface area (Å²) in [6, 6.07) is 20.9. The van der Waals surface area contributed by atoms with Crippen LogP contribution in [0.2, 0.25) is 0 Å². The molecule has 0 atom stereocenters. The lowest BCUT2D eigenvalue weighted by Crippen LogP contribution is -2.46. The van der Waals surface area contributed by atoms with Crippen molar-refractivity contribution in [2.75, 3.05) is 42.9 Å². The number of benzene rings is 3. The smallest absolute Gasteiger partial charge is 0.261 e. The third kappa shape index (κ3) is 4.99. The quantitative estimate of drug-likeness (QED) is 0.396. The molecule has 0 bridgehead atoms. The van der Waals surface area contributed by atoms with E-state index in [9.17, 15) is 8.42 Å². The van der Waals surface area contributed by atoms with Gasteiger partial charge in [-0.15, -0.1) is 0 Å². The predicted molar refractivity (Wildman–Crippen MR) is 141 cm³/mol. The second-order valence-corrected chi connectivity index (χ2v) is 10.6. The molecule has 0 spiro atoms. The van der Waals surface area contributed by atoms with E-state index in [0.717, 1.165) is 59.6 Å². The summed E-state index contributed by atoms with van der Waals surface area (Å²) < 4.78 is 34.5. The molecular weight excluding hydrogens is 460 g/mol. The third-order valence-corrected chi connectivity index (χ3v) is 8.01. The summed E-state index contributed by atoms with van der Waals surface area (Å²) in [5.74, 6) is 0.887. The maximum Gasteiger partial charge on any atom is 0.261 e. The Kier molecular flexibility index (Phi) is 6.40. The van der Waals surface area contributed by atoms with E-state index in [2.05, 4.69) is 25.6 Å². The Bertz CT molecular complexity index is 1440. The van der Waals surface area contributed by atoms with Gasteiger partial charge in [-0.25, -0.2) is 8.42 Å². The number of piperazine rings is 1.